The second kappa shape index (κ2) is 8.21. The molecule has 3 heteroatoms. The van der Waals surface area contributed by atoms with E-state index in [9.17, 15) is 0 Å². The molecule has 0 aliphatic carbocycles. The van der Waals surface area contributed by atoms with Crippen molar-refractivity contribution in [1.82, 2.24) is 10.2 Å². The van der Waals surface area contributed by atoms with Gasteiger partial charge in [-0.15, -0.1) is 0 Å². The molecule has 14 heavy (non-hydrogen) atoms. The van der Waals surface area contributed by atoms with Crippen LogP contribution in [-0.2, 0) is 0 Å². The van der Waals surface area contributed by atoms with Gasteiger partial charge >= 0.3 is 0 Å². The van der Waals surface area contributed by atoms with E-state index in [2.05, 4.69) is 10.2 Å². The molecule has 0 spiro atoms. The number of likely N-dealkylation sites (tertiary alicyclic amines) is 1. The van der Waals surface area contributed by atoms with Crippen LogP contribution in [0.1, 0.15) is 32.1 Å². The molecule has 1 rings (SSSR count). The van der Waals surface area contributed by atoms with Crippen LogP contribution in [0.3, 0.4) is 0 Å². The number of rotatable bonds is 6. The summed E-state index contributed by atoms with van der Waals surface area (Å²) in [5.41, 5.74) is 5.42. The monoisotopic (exact) mass is 199 g/mol. The van der Waals surface area contributed by atoms with Gasteiger partial charge in [0.2, 0.25) is 0 Å². The fourth-order valence-electron chi connectivity index (χ4n) is 1.95. The van der Waals surface area contributed by atoms with Crippen LogP contribution in [0.5, 0.6) is 0 Å². The summed E-state index contributed by atoms with van der Waals surface area (Å²) in [4.78, 5) is 2.59. The third-order valence-electron chi connectivity index (χ3n) is 2.86. The molecule has 0 aromatic heterocycles. The standard InChI is InChI=1S/C11H25N3/c12-6-5-7-13-8-11-14-9-3-1-2-4-10-14/h13H,1-12H2. The molecule has 0 unspecified atom stereocenters. The van der Waals surface area contributed by atoms with Gasteiger partial charge in [0.05, 0.1) is 0 Å². The Morgan fingerprint density at radius 3 is 2.36 bits per heavy atom. The summed E-state index contributed by atoms with van der Waals surface area (Å²) < 4.78 is 0. The lowest BCUT2D eigenvalue weighted by Crippen LogP contribution is -2.33. The Hall–Kier alpha value is -0.120. The number of hydrogen-bond donors (Lipinski definition) is 2. The summed E-state index contributed by atoms with van der Waals surface area (Å²) >= 11 is 0. The lowest BCUT2D eigenvalue weighted by molar-refractivity contribution is 0.284. The number of hydrogen-bond acceptors (Lipinski definition) is 3. The molecule has 84 valence electrons. The number of nitrogens with two attached hydrogens (primary N) is 1. The van der Waals surface area contributed by atoms with Crippen LogP contribution in [0.2, 0.25) is 0 Å². The van der Waals surface area contributed by atoms with E-state index < -0.39 is 0 Å². The number of nitrogens with one attached hydrogen (secondary N) is 1. The highest BCUT2D eigenvalue weighted by atomic mass is 15.1. The first-order valence-corrected chi connectivity index (χ1v) is 6.06. The van der Waals surface area contributed by atoms with Gasteiger partial charge in [-0.25, -0.2) is 0 Å². The molecular weight excluding hydrogens is 174 g/mol. The van der Waals surface area contributed by atoms with Crippen molar-refractivity contribution in [2.45, 2.75) is 32.1 Å². The molecule has 3 N–H and O–H groups in total. The summed E-state index contributed by atoms with van der Waals surface area (Å²) in [6.45, 7) is 6.82. The van der Waals surface area contributed by atoms with Crippen LogP contribution >= 0.6 is 0 Å². The quantitative estimate of drug-likeness (QED) is 0.622. The summed E-state index contributed by atoms with van der Waals surface area (Å²) in [5, 5.41) is 3.43. The van der Waals surface area contributed by atoms with Crippen LogP contribution in [0, 0.1) is 0 Å². The maximum atomic E-state index is 5.42. The molecular formula is C11H25N3. The van der Waals surface area contributed by atoms with Gasteiger partial charge in [0.1, 0.15) is 0 Å². The molecule has 0 aromatic carbocycles. The van der Waals surface area contributed by atoms with Crippen molar-refractivity contribution in [3.8, 4) is 0 Å². The highest BCUT2D eigenvalue weighted by molar-refractivity contribution is 4.64. The molecule has 3 nitrogen and oxygen atoms in total. The van der Waals surface area contributed by atoms with E-state index in [0.717, 1.165) is 26.1 Å². The van der Waals surface area contributed by atoms with E-state index in [1.165, 1.54) is 45.3 Å². The maximum absolute atomic E-state index is 5.42. The van der Waals surface area contributed by atoms with Crippen molar-refractivity contribution in [1.29, 1.82) is 0 Å². The van der Waals surface area contributed by atoms with E-state index in [1.54, 1.807) is 0 Å². The molecule has 0 radical (unpaired) electrons. The first kappa shape index (κ1) is 12.0. The number of nitrogens with zero attached hydrogens (tertiary/aromatic N) is 1. The summed E-state index contributed by atoms with van der Waals surface area (Å²) in [7, 11) is 0. The van der Waals surface area contributed by atoms with Gasteiger partial charge in [0.25, 0.3) is 0 Å². The van der Waals surface area contributed by atoms with Gasteiger partial charge in [-0.3, -0.25) is 0 Å². The minimum atomic E-state index is 0.802. The summed E-state index contributed by atoms with van der Waals surface area (Å²) in [5.74, 6) is 0. The predicted octanol–water partition coefficient (Wildman–Crippen LogP) is 0.801. The van der Waals surface area contributed by atoms with Crippen LogP contribution in [0.25, 0.3) is 0 Å². The molecule has 1 aliphatic heterocycles. The lowest BCUT2D eigenvalue weighted by atomic mass is 10.2. The maximum Gasteiger partial charge on any atom is 0.0107 e. The fourth-order valence-corrected chi connectivity index (χ4v) is 1.95. The second-order valence-electron chi connectivity index (χ2n) is 4.15. The molecule has 1 heterocycles. The Morgan fingerprint density at radius 2 is 1.71 bits per heavy atom. The van der Waals surface area contributed by atoms with E-state index in [-0.39, 0.29) is 0 Å². The lowest BCUT2D eigenvalue weighted by Gasteiger charge is -2.19. The minimum absolute atomic E-state index is 0.802. The Bertz CT molecular complexity index is 120. The summed E-state index contributed by atoms with van der Waals surface area (Å²) in [6, 6.07) is 0. The third kappa shape index (κ3) is 5.58. The first-order chi connectivity index (χ1) is 6.93. The Labute approximate surface area is 88.0 Å². The molecule has 0 atom stereocenters. The van der Waals surface area contributed by atoms with Gasteiger partial charge in [0.15, 0.2) is 0 Å². The van der Waals surface area contributed by atoms with E-state index in [4.69, 9.17) is 5.73 Å². The van der Waals surface area contributed by atoms with Crippen molar-refractivity contribution in [2.75, 3.05) is 39.3 Å². The topological polar surface area (TPSA) is 41.3 Å². The Balaban J connectivity index is 1.93. The van der Waals surface area contributed by atoms with E-state index >= 15 is 0 Å². The van der Waals surface area contributed by atoms with E-state index in [1.807, 2.05) is 0 Å². The SMILES string of the molecule is NCCCNCCN1CCCCCC1. The van der Waals surface area contributed by atoms with Crippen LogP contribution in [0.4, 0.5) is 0 Å². The van der Waals surface area contributed by atoms with Gasteiger partial charge in [0, 0.05) is 13.1 Å². The first-order valence-electron chi connectivity index (χ1n) is 6.06. The third-order valence-corrected chi connectivity index (χ3v) is 2.86. The molecule has 0 saturated carbocycles. The van der Waals surface area contributed by atoms with E-state index in [0.29, 0.717) is 0 Å². The normalized spacial score (nSPS) is 19.5. The molecule has 1 aliphatic rings. The van der Waals surface area contributed by atoms with Crippen molar-refractivity contribution in [2.24, 2.45) is 5.73 Å². The Kier molecular flexibility index (Phi) is 7.01. The van der Waals surface area contributed by atoms with Crippen molar-refractivity contribution < 1.29 is 0 Å². The fraction of sp³-hybridized carbons (Fsp3) is 1.00. The average Bonchev–Trinajstić information content (AvgIpc) is 2.46. The van der Waals surface area contributed by atoms with Gasteiger partial charge in [-0.05, 0) is 45.4 Å². The zero-order valence-electron chi connectivity index (χ0n) is 9.30. The molecule has 0 amide bonds. The van der Waals surface area contributed by atoms with Crippen LogP contribution in [-0.4, -0.2) is 44.2 Å². The molecule has 1 fully saturated rings. The molecule has 1 saturated heterocycles. The summed E-state index contributed by atoms with van der Waals surface area (Å²) in [6.07, 6.45) is 6.74. The highest BCUT2D eigenvalue weighted by Crippen LogP contribution is 2.08. The van der Waals surface area contributed by atoms with Crippen LogP contribution < -0.4 is 11.1 Å². The zero-order valence-corrected chi connectivity index (χ0v) is 9.30. The van der Waals surface area contributed by atoms with Crippen molar-refractivity contribution in [3.05, 3.63) is 0 Å². The molecule has 0 aromatic rings. The Morgan fingerprint density at radius 1 is 1.00 bits per heavy atom. The highest BCUT2D eigenvalue weighted by Gasteiger charge is 2.07. The van der Waals surface area contributed by atoms with Gasteiger partial charge in [-0.2, -0.15) is 0 Å². The second-order valence-corrected chi connectivity index (χ2v) is 4.15. The smallest absolute Gasteiger partial charge is 0.0107 e. The average molecular weight is 199 g/mol. The minimum Gasteiger partial charge on any atom is -0.330 e. The van der Waals surface area contributed by atoms with Crippen LogP contribution in [0.15, 0.2) is 0 Å². The van der Waals surface area contributed by atoms with Crippen molar-refractivity contribution >= 4 is 0 Å². The zero-order chi connectivity index (χ0) is 10.1. The predicted molar refractivity (Wildman–Crippen MR) is 61.4 cm³/mol. The van der Waals surface area contributed by atoms with Crippen molar-refractivity contribution in [3.63, 3.8) is 0 Å². The van der Waals surface area contributed by atoms with Gasteiger partial charge in [-0.1, -0.05) is 12.8 Å². The van der Waals surface area contributed by atoms with Gasteiger partial charge < -0.3 is 16.0 Å². The molecule has 0 bridgehead atoms. The largest absolute Gasteiger partial charge is 0.330 e.